The number of nitrogens with one attached hydrogen (secondary N) is 1. The van der Waals surface area contributed by atoms with Gasteiger partial charge in [-0.15, -0.1) is 0 Å². The van der Waals surface area contributed by atoms with Crippen LogP contribution >= 0.6 is 0 Å². The van der Waals surface area contributed by atoms with E-state index in [0.717, 1.165) is 45.5 Å². The number of piperidine rings is 1. The molecule has 3 aliphatic rings. The summed E-state index contributed by atoms with van der Waals surface area (Å²) in [5.41, 5.74) is 1.11. The molecule has 0 bridgehead atoms. The Balaban J connectivity index is 1.39. The van der Waals surface area contributed by atoms with Crippen LogP contribution in [0.1, 0.15) is 36.5 Å². The van der Waals surface area contributed by atoms with Gasteiger partial charge in [0.2, 0.25) is 0 Å². The van der Waals surface area contributed by atoms with Crippen LogP contribution in [0.3, 0.4) is 0 Å². The van der Waals surface area contributed by atoms with Crippen LogP contribution in [-0.4, -0.2) is 73.2 Å². The Labute approximate surface area is 159 Å². The van der Waals surface area contributed by atoms with Gasteiger partial charge in [0.25, 0.3) is 11.8 Å². The molecule has 3 heterocycles. The summed E-state index contributed by atoms with van der Waals surface area (Å²) in [5.74, 6) is 0.390. The molecule has 1 N–H and O–H groups in total. The molecule has 1 spiro atoms. The lowest BCUT2D eigenvalue weighted by molar-refractivity contribution is -0.132. The third-order valence-corrected chi connectivity index (χ3v) is 5.69. The third kappa shape index (κ3) is 3.80. The SMILES string of the molecule is CCCN1CCOC2(CCN(C(=O)c3ccc4c(c3)OCC(=O)N4)CC2)C1. The van der Waals surface area contributed by atoms with Crippen LogP contribution in [0.15, 0.2) is 18.2 Å². The summed E-state index contributed by atoms with van der Waals surface area (Å²) >= 11 is 0. The fraction of sp³-hybridized carbons (Fsp3) is 0.600. The topological polar surface area (TPSA) is 71.1 Å². The summed E-state index contributed by atoms with van der Waals surface area (Å²) in [5, 5.41) is 2.75. The van der Waals surface area contributed by atoms with E-state index < -0.39 is 0 Å². The molecule has 0 aliphatic carbocycles. The number of nitrogens with zero attached hydrogens (tertiary/aromatic N) is 2. The van der Waals surface area contributed by atoms with Crippen LogP contribution in [0.25, 0.3) is 0 Å². The molecule has 4 rings (SSSR count). The second-order valence-electron chi connectivity index (χ2n) is 7.65. The lowest BCUT2D eigenvalue weighted by Gasteiger charge is -2.47. The van der Waals surface area contributed by atoms with Gasteiger partial charge in [0.1, 0.15) is 5.75 Å². The fourth-order valence-electron chi connectivity index (χ4n) is 4.24. The van der Waals surface area contributed by atoms with E-state index in [1.54, 1.807) is 18.2 Å². The standard InChI is InChI=1S/C20H27N3O4/c1-2-7-22-10-11-27-20(14-22)5-8-23(9-6-20)19(25)15-3-4-16-17(12-15)26-13-18(24)21-16/h3-4,12H,2,5-11,13-14H2,1H3,(H,21,24). The zero-order valence-corrected chi connectivity index (χ0v) is 15.8. The summed E-state index contributed by atoms with van der Waals surface area (Å²) in [6.07, 6.45) is 2.90. The Hall–Kier alpha value is -2.12. The quantitative estimate of drug-likeness (QED) is 0.874. The van der Waals surface area contributed by atoms with Crippen LogP contribution in [-0.2, 0) is 9.53 Å². The third-order valence-electron chi connectivity index (χ3n) is 5.69. The van der Waals surface area contributed by atoms with E-state index >= 15 is 0 Å². The highest BCUT2D eigenvalue weighted by molar-refractivity contribution is 5.99. The molecule has 0 unspecified atom stereocenters. The lowest BCUT2D eigenvalue weighted by atomic mass is 9.89. The maximum absolute atomic E-state index is 12.9. The molecule has 3 aliphatic heterocycles. The first kappa shape index (κ1) is 18.3. The van der Waals surface area contributed by atoms with E-state index in [0.29, 0.717) is 30.1 Å². The number of hydrogen-bond acceptors (Lipinski definition) is 5. The maximum Gasteiger partial charge on any atom is 0.262 e. The summed E-state index contributed by atoms with van der Waals surface area (Å²) in [7, 11) is 0. The largest absolute Gasteiger partial charge is 0.482 e. The van der Waals surface area contributed by atoms with Crippen LogP contribution in [0.5, 0.6) is 5.75 Å². The van der Waals surface area contributed by atoms with Gasteiger partial charge in [-0.3, -0.25) is 14.5 Å². The molecule has 2 amide bonds. The van der Waals surface area contributed by atoms with Gasteiger partial charge in [-0.05, 0) is 44.0 Å². The van der Waals surface area contributed by atoms with Crippen LogP contribution in [0, 0.1) is 0 Å². The van der Waals surface area contributed by atoms with Crippen molar-refractivity contribution in [2.24, 2.45) is 0 Å². The average Bonchev–Trinajstić information content (AvgIpc) is 2.68. The zero-order valence-electron chi connectivity index (χ0n) is 15.8. The molecule has 0 atom stereocenters. The van der Waals surface area contributed by atoms with Crippen molar-refractivity contribution >= 4 is 17.5 Å². The Morgan fingerprint density at radius 3 is 2.85 bits per heavy atom. The monoisotopic (exact) mass is 373 g/mol. The minimum absolute atomic E-state index is 0.00868. The van der Waals surface area contributed by atoms with E-state index in [4.69, 9.17) is 9.47 Å². The summed E-state index contributed by atoms with van der Waals surface area (Å²) in [6, 6.07) is 5.21. The second kappa shape index (κ2) is 7.48. The predicted molar refractivity (Wildman–Crippen MR) is 101 cm³/mol. The molecule has 7 heteroatoms. The van der Waals surface area contributed by atoms with Crippen molar-refractivity contribution in [3.05, 3.63) is 23.8 Å². The highest BCUT2D eigenvalue weighted by Crippen LogP contribution is 2.32. The number of ether oxygens (including phenoxy) is 2. The number of benzene rings is 1. The maximum atomic E-state index is 12.9. The normalized spacial score (nSPS) is 22.1. The van der Waals surface area contributed by atoms with E-state index in [-0.39, 0.29) is 24.0 Å². The van der Waals surface area contributed by atoms with E-state index in [2.05, 4.69) is 17.1 Å². The number of anilines is 1. The van der Waals surface area contributed by atoms with E-state index in [1.165, 1.54) is 0 Å². The summed E-state index contributed by atoms with van der Waals surface area (Å²) < 4.78 is 11.6. The van der Waals surface area contributed by atoms with E-state index in [1.807, 2.05) is 4.90 Å². The molecule has 1 aromatic rings. The Morgan fingerprint density at radius 1 is 1.26 bits per heavy atom. The Bertz CT molecular complexity index is 726. The summed E-state index contributed by atoms with van der Waals surface area (Å²) in [4.78, 5) is 28.7. The Kier molecular flexibility index (Phi) is 5.06. The van der Waals surface area contributed by atoms with Crippen LogP contribution in [0.4, 0.5) is 5.69 Å². The minimum Gasteiger partial charge on any atom is -0.482 e. The number of hydrogen-bond donors (Lipinski definition) is 1. The molecule has 146 valence electrons. The second-order valence-corrected chi connectivity index (χ2v) is 7.65. The molecular formula is C20H27N3O4. The van der Waals surface area contributed by atoms with E-state index in [9.17, 15) is 9.59 Å². The van der Waals surface area contributed by atoms with Crippen molar-refractivity contribution in [2.75, 3.05) is 51.3 Å². The molecule has 2 fully saturated rings. The van der Waals surface area contributed by atoms with Gasteiger partial charge in [-0.2, -0.15) is 0 Å². The van der Waals surface area contributed by atoms with Gasteiger partial charge in [-0.1, -0.05) is 6.92 Å². The molecule has 1 aromatic carbocycles. The molecule has 0 radical (unpaired) electrons. The van der Waals surface area contributed by atoms with Gasteiger partial charge in [-0.25, -0.2) is 0 Å². The number of carbonyl (C=O) groups excluding carboxylic acids is 2. The van der Waals surface area contributed by atoms with Crippen LogP contribution < -0.4 is 10.1 Å². The van der Waals surface area contributed by atoms with Crippen molar-refractivity contribution in [3.8, 4) is 5.75 Å². The number of amides is 2. The van der Waals surface area contributed by atoms with Crippen molar-refractivity contribution in [1.29, 1.82) is 0 Å². The minimum atomic E-state index is -0.174. The number of fused-ring (bicyclic) bond motifs is 1. The van der Waals surface area contributed by atoms with Gasteiger partial charge < -0.3 is 19.7 Å². The highest BCUT2D eigenvalue weighted by Gasteiger charge is 2.40. The molecule has 0 saturated carbocycles. The number of morpholine rings is 1. The first-order valence-corrected chi connectivity index (χ1v) is 9.81. The zero-order chi connectivity index (χ0) is 18.9. The number of carbonyl (C=O) groups is 2. The van der Waals surface area contributed by atoms with Gasteiger partial charge in [0.15, 0.2) is 6.61 Å². The van der Waals surface area contributed by atoms with Gasteiger partial charge in [0, 0.05) is 31.7 Å². The number of rotatable bonds is 3. The average molecular weight is 373 g/mol. The molecule has 7 nitrogen and oxygen atoms in total. The predicted octanol–water partition coefficient (Wildman–Crippen LogP) is 1.73. The van der Waals surface area contributed by atoms with Crippen LogP contribution in [0.2, 0.25) is 0 Å². The summed E-state index contributed by atoms with van der Waals surface area (Å²) in [6.45, 7) is 7.46. The van der Waals surface area contributed by atoms with Crippen molar-refractivity contribution < 1.29 is 19.1 Å². The van der Waals surface area contributed by atoms with Gasteiger partial charge in [0.05, 0.1) is 17.9 Å². The smallest absolute Gasteiger partial charge is 0.262 e. The first-order chi connectivity index (χ1) is 13.1. The lowest BCUT2D eigenvalue weighted by Crippen LogP contribution is -2.57. The number of likely N-dealkylation sites (tertiary alicyclic amines) is 1. The molecule has 27 heavy (non-hydrogen) atoms. The van der Waals surface area contributed by atoms with Crippen molar-refractivity contribution in [2.45, 2.75) is 31.8 Å². The molecular weight excluding hydrogens is 346 g/mol. The van der Waals surface area contributed by atoms with Crippen molar-refractivity contribution in [1.82, 2.24) is 9.80 Å². The Morgan fingerprint density at radius 2 is 2.07 bits per heavy atom. The molecule has 2 saturated heterocycles. The van der Waals surface area contributed by atoms with Crippen molar-refractivity contribution in [3.63, 3.8) is 0 Å². The molecule has 0 aromatic heterocycles. The first-order valence-electron chi connectivity index (χ1n) is 9.81. The highest BCUT2D eigenvalue weighted by atomic mass is 16.5. The van der Waals surface area contributed by atoms with Gasteiger partial charge >= 0.3 is 0 Å². The fourth-order valence-corrected chi connectivity index (χ4v) is 4.24.